The highest BCUT2D eigenvalue weighted by molar-refractivity contribution is 6.33. The molecule has 0 bridgehead atoms. The molecular formula is C18H18ClN5O2. The Morgan fingerprint density at radius 1 is 1.19 bits per heavy atom. The van der Waals surface area contributed by atoms with Gasteiger partial charge in [0.15, 0.2) is 0 Å². The number of carbonyl (C=O) groups excluding carboxylic acids is 1. The summed E-state index contributed by atoms with van der Waals surface area (Å²) in [6.45, 7) is 3.91. The van der Waals surface area contributed by atoms with E-state index in [1.807, 2.05) is 19.9 Å². The van der Waals surface area contributed by atoms with E-state index in [9.17, 15) is 4.79 Å². The largest absolute Gasteiger partial charge is 0.337 e. The molecule has 3 rings (SSSR count). The Balaban J connectivity index is 1.74. The molecule has 2 aromatic heterocycles. The van der Waals surface area contributed by atoms with E-state index in [-0.39, 0.29) is 5.92 Å². The molecule has 0 aliphatic carbocycles. The van der Waals surface area contributed by atoms with Crippen molar-refractivity contribution in [2.24, 2.45) is 5.92 Å². The molecule has 1 atom stereocenters. The molecule has 0 saturated heterocycles. The van der Waals surface area contributed by atoms with Gasteiger partial charge in [0.25, 0.3) is 0 Å². The first-order valence-corrected chi connectivity index (χ1v) is 8.48. The molecule has 0 spiro atoms. The number of nitrogens with zero attached hydrogens (tertiary/aromatic N) is 3. The number of amides is 2. The van der Waals surface area contributed by atoms with E-state index in [4.69, 9.17) is 16.1 Å². The van der Waals surface area contributed by atoms with Gasteiger partial charge >= 0.3 is 6.03 Å². The molecule has 0 aliphatic rings. The molecule has 2 N–H and O–H groups in total. The molecule has 1 aromatic carbocycles. The first-order chi connectivity index (χ1) is 12.5. The van der Waals surface area contributed by atoms with Gasteiger partial charge in [-0.05, 0) is 30.2 Å². The monoisotopic (exact) mass is 371 g/mol. The number of carbonyl (C=O) groups is 1. The highest BCUT2D eigenvalue weighted by Crippen LogP contribution is 2.24. The average molecular weight is 372 g/mol. The number of aromatic nitrogens is 3. The Labute approximate surface area is 155 Å². The van der Waals surface area contributed by atoms with Gasteiger partial charge in [0.1, 0.15) is 6.04 Å². The predicted molar refractivity (Wildman–Crippen MR) is 98.7 cm³/mol. The van der Waals surface area contributed by atoms with Crippen LogP contribution in [0.4, 0.5) is 10.5 Å². The van der Waals surface area contributed by atoms with Gasteiger partial charge in [0, 0.05) is 18.0 Å². The maximum atomic E-state index is 12.3. The molecule has 3 aromatic rings. The molecule has 0 aliphatic heterocycles. The highest BCUT2D eigenvalue weighted by Gasteiger charge is 2.25. The number of para-hydroxylation sites is 1. The summed E-state index contributed by atoms with van der Waals surface area (Å²) in [5.41, 5.74) is 1.27. The number of urea groups is 1. The molecule has 7 nitrogen and oxygen atoms in total. The standard InChI is InChI=1S/C18H18ClN5O2/c1-11(2)15(22-18(25)21-14-8-4-3-7-13(14)19)17-23-16(24-26-17)12-6-5-9-20-10-12/h3-11,15H,1-2H3,(H2,21,22,25)/t15-/m0/s1. The van der Waals surface area contributed by atoms with Gasteiger partial charge in [-0.15, -0.1) is 0 Å². The zero-order chi connectivity index (χ0) is 18.5. The molecule has 8 heteroatoms. The molecule has 0 saturated carbocycles. The minimum atomic E-state index is -0.449. The van der Waals surface area contributed by atoms with E-state index in [1.54, 1.807) is 42.7 Å². The number of hydrogen-bond acceptors (Lipinski definition) is 5. The number of hydrogen-bond donors (Lipinski definition) is 2. The van der Waals surface area contributed by atoms with Crippen molar-refractivity contribution in [3.8, 4) is 11.4 Å². The second kappa shape index (κ2) is 7.97. The number of halogens is 1. The molecule has 134 valence electrons. The molecule has 2 heterocycles. The van der Waals surface area contributed by atoms with Crippen molar-refractivity contribution in [1.82, 2.24) is 20.4 Å². The quantitative estimate of drug-likeness (QED) is 0.697. The van der Waals surface area contributed by atoms with Gasteiger partial charge in [-0.1, -0.05) is 42.7 Å². The van der Waals surface area contributed by atoms with Crippen LogP contribution in [0.15, 0.2) is 53.3 Å². The van der Waals surface area contributed by atoms with Gasteiger partial charge < -0.3 is 15.2 Å². The first kappa shape index (κ1) is 17.9. The van der Waals surface area contributed by atoms with Crippen LogP contribution in [0.3, 0.4) is 0 Å². The first-order valence-electron chi connectivity index (χ1n) is 8.10. The molecule has 0 fully saturated rings. The van der Waals surface area contributed by atoms with E-state index in [2.05, 4.69) is 25.8 Å². The lowest BCUT2D eigenvalue weighted by molar-refractivity contribution is 0.236. The lowest BCUT2D eigenvalue weighted by Crippen LogP contribution is -2.35. The van der Waals surface area contributed by atoms with Crippen molar-refractivity contribution < 1.29 is 9.32 Å². The fourth-order valence-electron chi connectivity index (χ4n) is 2.35. The Bertz CT molecular complexity index is 882. The lowest BCUT2D eigenvalue weighted by atomic mass is 10.0. The summed E-state index contributed by atoms with van der Waals surface area (Å²) in [5, 5.41) is 10.0. The van der Waals surface area contributed by atoms with E-state index >= 15 is 0 Å². The number of anilines is 1. The van der Waals surface area contributed by atoms with Crippen LogP contribution >= 0.6 is 11.6 Å². The van der Waals surface area contributed by atoms with E-state index in [1.165, 1.54) is 0 Å². The van der Waals surface area contributed by atoms with Gasteiger partial charge in [-0.3, -0.25) is 4.98 Å². The number of rotatable bonds is 5. The van der Waals surface area contributed by atoms with E-state index in [0.717, 1.165) is 5.56 Å². The molecule has 0 unspecified atom stereocenters. The van der Waals surface area contributed by atoms with Crippen LogP contribution in [0.1, 0.15) is 25.8 Å². The summed E-state index contributed by atoms with van der Waals surface area (Å²) in [7, 11) is 0. The summed E-state index contributed by atoms with van der Waals surface area (Å²) in [6, 6.07) is 9.78. The SMILES string of the molecule is CC(C)[C@H](NC(=O)Nc1ccccc1Cl)c1nc(-c2cccnc2)no1. The van der Waals surface area contributed by atoms with Crippen LogP contribution in [0.2, 0.25) is 5.02 Å². The van der Waals surface area contributed by atoms with Crippen LogP contribution < -0.4 is 10.6 Å². The normalized spacial score (nSPS) is 12.0. The summed E-state index contributed by atoms with van der Waals surface area (Å²) < 4.78 is 5.36. The summed E-state index contributed by atoms with van der Waals surface area (Å²) in [5.74, 6) is 0.786. The summed E-state index contributed by atoms with van der Waals surface area (Å²) >= 11 is 6.07. The third-order valence-corrected chi connectivity index (χ3v) is 4.03. The minimum absolute atomic E-state index is 0.0363. The van der Waals surface area contributed by atoms with Crippen LogP contribution in [-0.4, -0.2) is 21.2 Å². The number of nitrogens with one attached hydrogen (secondary N) is 2. The molecule has 2 amide bonds. The Hall–Kier alpha value is -2.93. The second-order valence-electron chi connectivity index (χ2n) is 6.00. The second-order valence-corrected chi connectivity index (χ2v) is 6.41. The molecule has 0 radical (unpaired) electrons. The predicted octanol–water partition coefficient (Wildman–Crippen LogP) is 4.30. The van der Waals surface area contributed by atoms with Crippen molar-refractivity contribution >= 4 is 23.3 Å². The maximum Gasteiger partial charge on any atom is 0.319 e. The Morgan fingerprint density at radius 3 is 2.69 bits per heavy atom. The van der Waals surface area contributed by atoms with Crippen LogP contribution in [-0.2, 0) is 0 Å². The fourth-order valence-corrected chi connectivity index (χ4v) is 2.53. The van der Waals surface area contributed by atoms with Gasteiger partial charge in [0.05, 0.1) is 10.7 Å². The lowest BCUT2D eigenvalue weighted by Gasteiger charge is -2.19. The highest BCUT2D eigenvalue weighted by atomic mass is 35.5. The third-order valence-electron chi connectivity index (χ3n) is 3.70. The molecule has 26 heavy (non-hydrogen) atoms. The fraction of sp³-hybridized carbons (Fsp3) is 0.222. The van der Waals surface area contributed by atoms with Gasteiger partial charge in [-0.25, -0.2) is 4.79 Å². The average Bonchev–Trinajstić information content (AvgIpc) is 3.12. The van der Waals surface area contributed by atoms with Crippen LogP contribution in [0.5, 0.6) is 0 Å². The topological polar surface area (TPSA) is 92.9 Å². The number of pyridine rings is 1. The van der Waals surface area contributed by atoms with Crippen LogP contribution in [0.25, 0.3) is 11.4 Å². The Kier molecular flexibility index (Phi) is 5.48. The van der Waals surface area contributed by atoms with Crippen molar-refractivity contribution in [2.45, 2.75) is 19.9 Å². The van der Waals surface area contributed by atoms with Crippen molar-refractivity contribution in [1.29, 1.82) is 0 Å². The summed E-state index contributed by atoms with van der Waals surface area (Å²) in [4.78, 5) is 20.8. The van der Waals surface area contributed by atoms with E-state index < -0.39 is 12.1 Å². The minimum Gasteiger partial charge on any atom is -0.337 e. The third kappa shape index (κ3) is 4.18. The van der Waals surface area contributed by atoms with E-state index in [0.29, 0.717) is 22.4 Å². The van der Waals surface area contributed by atoms with Crippen molar-refractivity contribution in [3.05, 3.63) is 59.7 Å². The number of benzene rings is 1. The van der Waals surface area contributed by atoms with Gasteiger partial charge in [0.2, 0.25) is 11.7 Å². The van der Waals surface area contributed by atoms with Gasteiger partial charge in [-0.2, -0.15) is 4.98 Å². The Morgan fingerprint density at radius 2 is 2.00 bits per heavy atom. The maximum absolute atomic E-state index is 12.3. The summed E-state index contributed by atoms with van der Waals surface area (Å²) in [6.07, 6.45) is 3.32. The zero-order valence-electron chi connectivity index (χ0n) is 14.3. The van der Waals surface area contributed by atoms with Crippen molar-refractivity contribution in [3.63, 3.8) is 0 Å². The smallest absolute Gasteiger partial charge is 0.319 e. The molecular weight excluding hydrogens is 354 g/mol. The van der Waals surface area contributed by atoms with Crippen molar-refractivity contribution in [2.75, 3.05) is 5.32 Å². The van der Waals surface area contributed by atoms with Crippen LogP contribution in [0, 0.1) is 5.92 Å². The zero-order valence-corrected chi connectivity index (χ0v) is 15.1.